The van der Waals surface area contributed by atoms with E-state index in [0.29, 0.717) is 0 Å². The van der Waals surface area contributed by atoms with Crippen LogP contribution in [-0.4, -0.2) is 0 Å². The Morgan fingerprint density at radius 1 is 0.315 bits per heavy atom. The van der Waals surface area contributed by atoms with Gasteiger partial charge in [0, 0.05) is 36.8 Å². The van der Waals surface area contributed by atoms with Crippen LogP contribution in [0.15, 0.2) is 212 Å². The van der Waals surface area contributed by atoms with Gasteiger partial charge < -0.3 is 4.90 Å². The largest absolute Gasteiger partial charge is 0.309 e. The maximum Gasteiger partial charge on any atom is 0.0546 e. The Kier molecular flexibility index (Phi) is 8.09. The highest BCUT2D eigenvalue weighted by Gasteiger charge is 2.23. The third kappa shape index (κ3) is 5.65. The molecule has 9 aromatic carbocycles. The SMILES string of the molecule is c1ccc(-c2ccccc2-c2c(-c3ccccc3)cccc2N(c2ccc(-c3ccc4c(c3)sc3ccccc34)cc2)c2cccc3ccccc23)cc1. The summed E-state index contributed by atoms with van der Waals surface area (Å²) in [5.74, 6) is 0. The first-order chi connectivity index (χ1) is 26.8. The van der Waals surface area contributed by atoms with Crippen LogP contribution in [0.25, 0.3) is 75.5 Å². The molecule has 1 nitrogen and oxygen atoms in total. The van der Waals surface area contributed by atoms with Gasteiger partial charge in [-0.3, -0.25) is 0 Å². The standard InChI is InChI=1S/C52H35NS/c1-3-15-37(16-4-1)42-21-9-10-24-47(42)52-44(39-17-5-2-6-18-39)25-14-27-49(52)53(48-26-13-20-38-19-7-8-22-43(38)48)41-32-29-36(30-33-41)40-31-34-46-45-23-11-12-28-50(45)54-51(46)35-40/h1-35H. The van der Waals surface area contributed by atoms with E-state index in [1.54, 1.807) is 0 Å². The van der Waals surface area contributed by atoms with E-state index in [1.165, 1.54) is 75.5 Å². The summed E-state index contributed by atoms with van der Waals surface area (Å²) in [6, 6.07) is 77.2. The molecule has 0 bridgehead atoms. The van der Waals surface area contributed by atoms with E-state index in [0.717, 1.165) is 17.1 Å². The highest BCUT2D eigenvalue weighted by Crippen LogP contribution is 2.49. The highest BCUT2D eigenvalue weighted by atomic mass is 32.1. The van der Waals surface area contributed by atoms with Crippen molar-refractivity contribution in [3.05, 3.63) is 212 Å². The summed E-state index contributed by atoms with van der Waals surface area (Å²) >= 11 is 1.86. The van der Waals surface area contributed by atoms with E-state index >= 15 is 0 Å². The Morgan fingerprint density at radius 2 is 0.870 bits per heavy atom. The van der Waals surface area contributed by atoms with Gasteiger partial charge in [0.05, 0.1) is 11.4 Å². The molecule has 0 radical (unpaired) electrons. The Hall–Kier alpha value is -6.74. The zero-order chi connectivity index (χ0) is 35.8. The number of hydrogen-bond donors (Lipinski definition) is 0. The second kappa shape index (κ2) is 13.7. The van der Waals surface area contributed by atoms with E-state index in [1.807, 2.05) is 11.3 Å². The van der Waals surface area contributed by atoms with Gasteiger partial charge in [-0.05, 0) is 80.7 Å². The number of fused-ring (bicyclic) bond motifs is 4. The van der Waals surface area contributed by atoms with Crippen LogP contribution in [0.1, 0.15) is 0 Å². The fourth-order valence-corrected chi connectivity index (χ4v) is 9.10. The van der Waals surface area contributed by atoms with Crippen molar-refractivity contribution in [1.82, 2.24) is 0 Å². The Bertz CT molecular complexity index is 2920. The minimum atomic E-state index is 1.10. The number of nitrogens with zero attached hydrogens (tertiary/aromatic N) is 1. The molecule has 54 heavy (non-hydrogen) atoms. The predicted molar refractivity (Wildman–Crippen MR) is 233 cm³/mol. The van der Waals surface area contributed by atoms with E-state index < -0.39 is 0 Å². The summed E-state index contributed by atoms with van der Waals surface area (Å²) in [7, 11) is 0. The van der Waals surface area contributed by atoms with Crippen LogP contribution in [0.5, 0.6) is 0 Å². The maximum absolute atomic E-state index is 2.46. The highest BCUT2D eigenvalue weighted by molar-refractivity contribution is 7.25. The van der Waals surface area contributed by atoms with E-state index in [2.05, 4.69) is 217 Å². The van der Waals surface area contributed by atoms with Crippen LogP contribution in [0, 0.1) is 0 Å². The second-order valence-electron chi connectivity index (χ2n) is 13.7. The van der Waals surface area contributed by atoms with Gasteiger partial charge in [0.15, 0.2) is 0 Å². The van der Waals surface area contributed by atoms with Crippen LogP contribution in [0.2, 0.25) is 0 Å². The summed E-state index contributed by atoms with van der Waals surface area (Å²) in [6.07, 6.45) is 0. The van der Waals surface area contributed by atoms with Gasteiger partial charge in [-0.2, -0.15) is 0 Å². The van der Waals surface area contributed by atoms with Crippen molar-refractivity contribution in [3.63, 3.8) is 0 Å². The zero-order valence-corrected chi connectivity index (χ0v) is 30.4. The first kappa shape index (κ1) is 32.0. The van der Waals surface area contributed by atoms with Gasteiger partial charge in [0.25, 0.3) is 0 Å². The molecule has 0 saturated heterocycles. The average molecular weight is 706 g/mol. The Morgan fingerprint density at radius 3 is 1.67 bits per heavy atom. The lowest BCUT2D eigenvalue weighted by Crippen LogP contribution is -2.12. The van der Waals surface area contributed by atoms with Crippen LogP contribution in [0.3, 0.4) is 0 Å². The molecule has 1 aromatic heterocycles. The molecule has 0 N–H and O–H groups in total. The topological polar surface area (TPSA) is 3.24 Å². The number of rotatable bonds is 7. The maximum atomic E-state index is 2.46. The lowest BCUT2D eigenvalue weighted by atomic mass is 9.87. The molecule has 2 heteroatoms. The number of thiophene rings is 1. The molecule has 0 atom stereocenters. The third-order valence-corrected chi connectivity index (χ3v) is 11.6. The fraction of sp³-hybridized carbons (Fsp3) is 0. The van der Waals surface area contributed by atoms with Crippen molar-refractivity contribution in [1.29, 1.82) is 0 Å². The summed E-state index contributed by atoms with van der Waals surface area (Å²) in [5, 5.41) is 5.05. The van der Waals surface area contributed by atoms with Gasteiger partial charge in [-0.25, -0.2) is 0 Å². The molecule has 10 aromatic rings. The molecular formula is C52H35NS. The average Bonchev–Trinajstić information content (AvgIpc) is 3.63. The van der Waals surface area contributed by atoms with Gasteiger partial charge >= 0.3 is 0 Å². The van der Waals surface area contributed by atoms with Crippen LogP contribution in [-0.2, 0) is 0 Å². The van der Waals surface area contributed by atoms with Crippen LogP contribution >= 0.6 is 11.3 Å². The van der Waals surface area contributed by atoms with Crippen molar-refractivity contribution >= 4 is 59.3 Å². The second-order valence-corrected chi connectivity index (χ2v) is 14.8. The van der Waals surface area contributed by atoms with Crippen molar-refractivity contribution in [3.8, 4) is 44.5 Å². The van der Waals surface area contributed by atoms with Gasteiger partial charge in [0.1, 0.15) is 0 Å². The van der Waals surface area contributed by atoms with Gasteiger partial charge in [-0.1, -0.05) is 176 Å². The van der Waals surface area contributed by atoms with E-state index in [-0.39, 0.29) is 0 Å². The third-order valence-electron chi connectivity index (χ3n) is 10.5. The Balaban J connectivity index is 1.20. The number of hydrogen-bond acceptors (Lipinski definition) is 2. The van der Waals surface area contributed by atoms with Gasteiger partial charge in [-0.15, -0.1) is 11.3 Å². The Labute approximate surface area is 319 Å². The summed E-state index contributed by atoms with van der Waals surface area (Å²) in [5.41, 5.74) is 12.9. The van der Waals surface area contributed by atoms with E-state index in [4.69, 9.17) is 0 Å². The van der Waals surface area contributed by atoms with Crippen molar-refractivity contribution in [2.45, 2.75) is 0 Å². The lowest BCUT2D eigenvalue weighted by Gasteiger charge is -2.31. The molecule has 1 heterocycles. The van der Waals surface area contributed by atoms with Crippen LogP contribution in [0.4, 0.5) is 17.1 Å². The molecule has 0 aliphatic rings. The molecular weight excluding hydrogens is 671 g/mol. The zero-order valence-electron chi connectivity index (χ0n) is 29.6. The molecule has 0 saturated carbocycles. The van der Waals surface area contributed by atoms with Crippen molar-refractivity contribution in [2.24, 2.45) is 0 Å². The van der Waals surface area contributed by atoms with Crippen molar-refractivity contribution in [2.75, 3.05) is 4.90 Å². The van der Waals surface area contributed by atoms with Crippen molar-refractivity contribution < 1.29 is 0 Å². The number of benzene rings is 9. The minimum Gasteiger partial charge on any atom is -0.309 e. The minimum absolute atomic E-state index is 1.10. The number of anilines is 3. The molecule has 0 amide bonds. The fourth-order valence-electron chi connectivity index (χ4n) is 7.96. The lowest BCUT2D eigenvalue weighted by molar-refractivity contribution is 1.30. The summed E-state index contributed by atoms with van der Waals surface area (Å²) in [4.78, 5) is 2.46. The first-order valence-corrected chi connectivity index (χ1v) is 19.2. The monoisotopic (exact) mass is 705 g/mol. The molecule has 0 aliphatic carbocycles. The predicted octanol–water partition coefficient (Wildman–Crippen LogP) is 15.3. The van der Waals surface area contributed by atoms with Crippen LogP contribution < -0.4 is 4.90 Å². The molecule has 0 unspecified atom stereocenters. The molecule has 0 aliphatic heterocycles. The van der Waals surface area contributed by atoms with Gasteiger partial charge in [0.2, 0.25) is 0 Å². The normalized spacial score (nSPS) is 11.3. The smallest absolute Gasteiger partial charge is 0.0546 e. The first-order valence-electron chi connectivity index (χ1n) is 18.4. The molecule has 0 fully saturated rings. The molecule has 254 valence electrons. The summed E-state index contributed by atoms with van der Waals surface area (Å²) < 4.78 is 2.64. The quantitative estimate of drug-likeness (QED) is 0.160. The molecule has 0 spiro atoms. The molecule has 10 rings (SSSR count). The summed E-state index contributed by atoms with van der Waals surface area (Å²) in [6.45, 7) is 0. The van der Waals surface area contributed by atoms with E-state index in [9.17, 15) is 0 Å².